The molecule has 0 atom stereocenters. The molecule has 19 heavy (non-hydrogen) atoms. The lowest BCUT2D eigenvalue weighted by Gasteiger charge is -1.78. The maximum Gasteiger partial charge on any atom is 0.187 e. The molecule has 7 nitrogen and oxygen atoms in total. The average Bonchev–Trinajstić information content (AvgIpc) is 2.43. The van der Waals surface area contributed by atoms with Gasteiger partial charge in [0.15, 0.2) is 73.3 Å². The lowest BCUT2D eigenvalue weighted by atomic mass is 11.0. The fourth-order valence-electron chi connectivity index (χ4n) is 0.357. The summed E-state index contributed by atoms with van der Waals surface area (Å²) in [6.07, 6.45) is 17.1. The smallest absolute Gasteiger partial charge is 0.187 e. The Balaban J connectivity index is 3.72. The van der Waals surface area contributed by atoms with Gasteiger partial charge in [0.2, 0.25) is 0 Å². The minimum absolute atomic E-state index is 0.693. The number of ether oxygens (including phenoxy) is 5. The van der Waals surface area contributed by atoms with Gasteiger partial charge in [0.1, 0.15) is 0 Å². The molecule has 7 heteroatoms. The molecule has 0 aliphatic carbocycles. The Morgan fingerprint density at radius 3 is 1.16 bits per heavy atom. The van der Waals surface area contributed by atoms with E-state index < -0.39 is 0 Å². The van der Waals surface area contributed by atoms with Crippen LogP contribution in [0.1, 0.15) is 0 Å². The molecule has 0 N–H and O–H groups in total. The van der Waals surface area contributed by atoms with E-state index >= 15 is 0 Å². The number of carbonyl (C=O) groups excluding carboxylic acids is 2. The Labute approximate surface area is 107 Å². The van der Waals surface area contributed by atoms with Crippen molar-refractivity contribution in [3.8, 4) is 48.9 Å². The van der Waals surface area contributed by atoms with Gasteiger partial charge < -0.3 is 23.7 Å². The molecule has 0 aromatic carbocycles. The fraction of sp³-hybridized carbons (Fsp3) is 0. The summed E-state index contributed by atoms with van der Waals surface area (Å²) in [7, 11) is 0. The van der Waals surface area contributed by atoms with Crippen LogP contribution < -0.4 is 0 Å². The zero-order chi connectivity index (χ0) is 14.0. The van der Waals surface area contributed by atoms with E-state index in [2.05, 4.69) is 23.7 Å². The quantitative estimate of drug-likeness (QED) is 0.373. The van der Waals surface area contributed by atoms with E-state index in [-0.39, 0.29) is 0 Å². The Kier molecular flexibility index (Phi) is 11.3. The number of rotatable bonds is 2. The molecular formula is C12H2O7. The Morgan fingerprint density at radius 1 is 0.526 bits per heavy atom. The molecule has 92 valence electrons. The molecule has 0 saturated carbocycles. The van der Waals surface area contributed by atoms with Gasteiger partial charge in [0, 0.05) is 0 Å². The van der Waals surface area contributed by atoms with Crippen molar-refractivity contribution in [3.63, 3.8) is 0 Å². The van der Waals surface area contributed by atoms with Crippen LogP contribution in [0, 0.1) is 48.9 Å². The van der Waals surface area contributed by atoms with E-state index in [1.807, 2.05) is 48.9 Å². The van der Waals surface area contributed by atoms with Crippen molar-refractivity contribution >= 4 is 11.9 Å². The molecule has 0 aliphatic heterocycles. The van der Waals surface area contributed by atoms with Crippen molar-refractivity contribution in [1.82, 2.24) is 0 Å². The van der Waals surface area contributed by atoms with Gasteiger partial charge in [-0.1, -0.05) is 0 Å². The summed E-state index contributed by atoms with van der Waals surface area (Å²) in [5, 5.41) is 0. The predicted octanol–water partition coefficient (Wildman–Crippen LogP) is -0.566. The predicted molar refractivity (Wildman–Crippen MR) is 57.1 cm³/mol. The molecule has 0 spiro atoms. The highest BCUT2D eigenvalue weighted by Crippen LogP contribution is 1.71. The highest BCUT2D eigenvalue weighted by atomic mass is 16.5. The molecule has 0 heterocycles. The molecule has 0 amide bonds. The maximum atomic E-state index is 9.61. The fourth-order valence-corrected chi connectivity index (χ4v) is 0.357. The van der Waals surface area contributed by atoms with Gasteiger partial charge in [-0.05, 0) is 0 Å². The van der Waals surface area contributed by atoms with Crippen LogP contribution in [-0.4, -0.2) is 11.9 Å². The van der Waals surface area contributed by atoms with Crippen molar-refractivity contribution in [3.05, 3.63) is 12.5 Å². The minimum Gasteiger partial charge on any atom is -0.401 e. The van der Waals surface area contributed by atoms with Crippen LogP contribution >= 0.6 is 0 Å². The molecule has 0 aromatic rings. The second-order valence-corrected chi connectivity index (χ2v) is 1.83. The van der Waals surface area contributed by atoms with E-state index in [1.165, 1.54) is 11.9 Å². The molecule has 0 saturated heterocycles. The lowest BCUT2D eigenvalue weighted by Crippen LogP contribution is -1.74. The third-order valence-electron chi connectivity index (χ3n) is 0.805. The third kappa shape index (κ3) is 14.1. The first kappa shape index (κ1) is 15.1. The normalized spacial score (nSPS) is 5.26. The zero-order valence-electron chi connectivity index (χ0n) is 9.01. The third-order valence-corrected chi connectivity index (χ3v) is 0.805. The standard InChI is InChI=1S/C12H2O7/c13-1-3-15-5-7-17-9-11-19-12-10-18-8-6-16-4-2-14/h3-4H. The molecule has 0 bridgehead atoms. The second kappa shape index (κ2) is 14.1. The highest BCUT2D eigenvalue weighted by molar-refractivity contribution is 5.42. The lowest BCUT2D eigenvalue weighted by molar-refractivity contribution is 0.400. The van der Waals surface area contributed by atoms with Crippen LogP contribution in [0.25, 0.3) is 0 Å². The van der Waals surface area contributed by atoms with Crippen molar-refractivity contribution in [2.45, 2.75) is 0 Å². The van der Waals surface area contributed by atoms with E-state index in [0.717, 1.165) is 0 Å². The first-order chi connectivity index (χ1) is 9.41. The van der Waals surface area contributed by atoms with Gasteiger partial charge in [0.25, 0.3) is 0 Å². The van der Waals surface area contributed by atoms with Crippen LogP contribution in [0.4, 0.5) is 0 Å². The van der Waals surface area contributed by atoms with Crippen LogP contribution in [0.3, 0.4) is 0 Å². The van der Waals surface area contributed by atoms with E-state index in [0.29, 0.717) is 12.5 Å². The minimum atomic E-state index is 0.693. The van der Waals surface area contributed by atoms with Gasteiger partial charge >= 0.3 is 0 Å². The molecule has 0 rings (SSSR count). The molecule has 0 aliphatic rings. The largest absolute Gasteiger partial charge is 0.401 e. The van der Waals surface area contributed by atoms with Gasteiger partial charge in [0.05, 0.1) is 0 Å². The number of hydrogen-bond donors (Lipinski definition) is 0. The van der Waals surface area contributed by atoms with Crippen LogP contribution in [-0.2, 0) is 33.3 Å². The molecule has 0 radical (unpaired) electrons. The van der Waals surface area contributed by atoms with Crippen LogP contribution in [0.5, 0.6) is 0 Å². The van der Waals surface area contributed by atoms with Crippen LogP contribution in [0.15, 0.2) is 12.5 Å². The van der Waals surface area contributed by atoms with E-state index in [1.54, 1.807) is 0 Å². The Morgan fingerprint density at radius 2 is 0.842 bits per heavy atom. The van der Waals surface area contributed by atoms with Crippen molar-refractivity contribution in [2.75, 3.05) is 0 Å². The van der Waals surface area contributed by atoms with E-state index in [4.69, 9.17) is 0 Å². The van der Waals surface area contributed by atoms with Gasteiger partial charge in [-0.15, -0.1) is 0 Å². The summed E-state index contributed by atoms with van der Waals surface area (Å²) in [5.74, 6) is 2.65. The summed E-state index contributed by atoms with van der Waals surface area (Å²) >= 11 is 0. The summed E-state index contributed by atoms with van der Waals surface area (Å²) in [6.45, 7) is 0. The second-order valence-electron chi connectivity index (χ2n) is 1.83. The summed E-state index contributed by atoms with van der Waals surface area (Å²) < 4.78 is 21.5. The van der Waals surface area contributed by atoms with Crippen LogP contribution in [0.2, 0.25) is 0 Å². The first-order valence-corrected chi connectivity index (χ1v) is 4.09. The van der Waals surface area contributed by atoms with Gasteiger partial charge in [-0.25, -0.2) is 9.59 Å². The van der Waals surface area contributed by atoms with Gasteiger partial charge in [-0.3, -0.25) is 0 Å². The summed E-state index contributed by atoms with van der Waals surface area (Å²) in [5.41, 5.74) is 0. The molecular weight excluding hydrogens is 256 g/mol. The average molecular weight is 258 g/mol. The monoisotopic (exact) mass is 258 g/mol. The zero-order valence-corrected chi connectivity index (χ0v) is 9.01. The molecule has 0 unspecified atom stereocenters. The first-order valence-electron chi connectivity index (χ1n) is 4.09. The summed E-state index contributed by atoms with van der Waals surface area (Å²) in [4.78, 5) is 19.2. The number of hydrogen-bond acceptors (Lipinski definition) is 7. The van der Waals surface area contributed by atoms with Crippen molar-refractivity contribution in [1.29, 1.82) is 0 Å². The van der Waals surface area contributed by atoms with Gasteiger partial charge in [-0.2, -0.15) is 0 Å². The van der Waals surface area contributed by atoms with Crippen molar-refractivity contribution < 1.29 is 33.3 Å². The molecule has 0 aromatic heterocycles. The SMILES string of the molecule is O=C=COC#COC#COC#COC#COC=C=O. The van der Waals surface area contributed by atoms with Crippen molar-refractivity contribution in [2.24, 2.45) is 0 Å². The topological polar surface area (TPSA) is 80.3 Å². The highest BCUT2D eigenvalue weighted by Gasteiger charge is 1.71. The maximum absolute atomic E-state index is 9.61. The van der Waals surface area contributed by atoms with E-state index in [9.17, 15) is 9.59 Å². The summed E-state index contributed by atoms with van der Waals surface area (Å²) in [6, 6.07) is 0. The Hall–Kier alpha value is -3.86. The Bertz CT molecular complexity index is 550. The molecule has 0 fully saturated rings.